The summed E-state index contributed by atoms with van der Waals surface area (Å²) in [5, 5.41) is 9.76. The van der Waals surface area contributed by atoms with Gasteiger partial charge in [0, 0.05) is 18.2 Å². The van der Waals surface area contributed by atoms with Gasteiger partial charge in [0.1, 0.15) is 23.1 Å². The lowest BCUT2D eigenvalue weighted by atomic mass is 10.1. The first-order valence-corrected chi connectivity index (χ1v) is 8.43. The fourth-order valence-electron chi connectivity index (χ4n) is 2.63. The zero-order valence-electron chi connectivity index (χ0n) is 15.6. The fourth-order valence-corrected chi connectivity index (χ4v) is 2.63. The van der Waals surface area contributed by atoms with Crippen LogP contribution in [-0.2, 0) is 6.54 Å². The maximum atomic E-state index is 13.7. The molecule has 2 heterocycles. The largest absolute Gasteiger partial charge is 0.382 e. The molecule has 0 aliphatic heterocycles. The average molecular weight is 408 g/mol. The molecule has 0 radical (unpaired) electrons. The lowest BCUT2D eigenvalue weighted by molar-refractivity contribution is 0.143. The minimum Gasteiger partial charge on any atom is -0.382 e. The summed E-state index contributed by atoms with van der Waals surface area (Å²) in [6, 6.07) is 3.21. The van der Waals surface area contributed by atoms with Crippen molar-refractivity contribution in [2.75, 3.05) is 5.73 Å². The van der Waals surface area contributed by atoms with E-state index < -0.39 is 17.2 Å². The number of aliphatic hydroxyl groups is 1. The van der Waals surface area contributed by atoms with Crippen molar-refractivity contribution in [3.8, 4) is 23.2 Å². The normalized spacial score (nSPS) is 11.1. The number of aromatic nitrogens is 4. The molecule has 0 saturated carbocycles. The monoisotopic (exact) mass is 407 g/mol. The van der Waals surface area contributed by atoms with E-state index in [-0.39, 0.29) is 29.6 Å². The van der Waals surface area contributed by atoms with E-state index >= 15 is 0 Å². The third-order valence-corrected chi connectivity index (χ3v) is 3.67. The van der Waals surface area contributed by atoms with Crippen LogP contribution in [0, 0.1) is 23.5 Å². The second-order valence-electron chi connectivity index (χ2n) is 6.66. The van der Waals surface area contributed by atoms with Crippen LogP contribution in [0.4, 0.5) is 14.6 Å². The number of nitrogen functional groups attached to an aromatic ring is 1. The van der Waals surface area contributed by atoms with Crippen LogP contribution < -0.4 is 5.73 Å². The summed E-state index contributed by atoms with van der Waals surface area (Å²) < 4.78 is 29.1. The van der Waals surface area contributed by atoms with Gasteiger partial charge in [-0.05, 0) is 38.3 Å². The van der Waals surface area contributed by atoms with Crippen molar-refractivity contribution in [3.05, 3.63) is 35.7 Å². The summed E-state index contributed by atoms with van der Waals surface area (Å²) in [6.07, 6.45) is 0.741. The Labute approximate surface area is 167 Å². The standard InChI is InChI=1S/C19H19F2N5O.ClH/c1-4-7-26-17(11-8-12(20)10-13(21)9-11)25-15-16(22)23-14(24-18(15)26)5-6-19(2,3)27;/h8-10,27H,4,7H2,1-3H3,(H2,22,23,24);1H. The van der Waals surface area contributed by atoms with Crippen LogP contribution in [0.3, 0.4) is 0 Å². The zero-order valence-corrected chi connectivity index (χ0v) is 16.4. The summed E-state index contributed by atoms with van der Waals surface area (Å²) >= 11 is 0. The Hall–Kier alpha value is -2.76. The van der Waals surface area contributed by atoms with Gasteiger partial charge in [0.25, 0.3) is 0 Å². The quantitative estimate of drug-likeness (QED) is 0.650. The number of nitrogens with two attached hydrogens (primary N) is 1. The summed E-state index contributed by atoms with van der Waals surface area (Å²) in [7, 11) is 0. The third-order valence-electron chi connectivity index (χ3n) is 3.67. The molecule has 148 valence electrons. The molecule has 28 heavy (non-hydrogen) atoms. The van der Waals surface area contributed by atoms with Crippen LogP contribution in [0.5, 0.6) is 0 Å². The van der Waals surface area contributed by atoms with Gasteiger partial charge >= 0.3 is 0 Å². The van der Waals surface area contributed by atoms with Gasteiger partial charge in [0.2, 0.25) is 5.82 Å². The van der Waals surface area contributed by atoms with Crippen molar-refractivity contribution in [3.63, 3.8) is 0 Å². The molecule has 3 N–H and O–H groups in total. The summed E-state index contributed by atoms with van der Waals surface area (Å²) in [5.41, 5.74) is 5.83. The van der Waals surface area contributed by atoms with Crippen molar-refractivity contribution in [1.29, 1.82) is 0 Å². The van der Waals surface area contributed by atoms with Crippen LogP contribution in [0.15, 0.2) is 18.2 Å². The first kappa shape index (κ1) is 21.5. The highest BCUT2D eigenvalue weighted by molar-refractivity contribution is 5.86. The molecule has 0 fully saturated rings. The Balaban J connectivity index is 0.00000280. The number of anilines is 1. The number of hydrogen-bond donors (Lipinski definition) is 2. The van der Waals surface area contributed by atoms with E-state index in [0.717, 1.165) is 12.5 Å². The predicted octanol–water partition coefficient (Wildman–Crippen LogP) is 3.31. The lowest BCUT2D eigenvalue weighted by Gasteiger charge is -2.08. The van der Waals surface area contributed by atoms with E-state index in [0.29, 0.717) is 23.5 Å². The molecule has 0 aliphatic rings. The number of fused-ring (bicyclic) bond motifs is 1. The average Bonchev–Trinajstić information content (AvgIpc) is 2.91. The topological polar surface area (TPSA) is 89.9 Å². The van der Waals surface area contributed by atoms with Gasteiger partial charge in [-0.1, -0.05) is 12.8 Å². The number of imidazole rings is 1. The van der Waals surface area contributed by atoms with E-state index in [1.165, 1.54) is 12.1 Å². The van der Waals surface area contributed by atoms with Crippen LogP contribution in [0.1, 0.15) is 33.0 Å². The molecular weight excluding hydrogens is 388 g/mol. The van der Waals surface area contributed by atoms with Crippen LogP contribution in [0.25, 0.3) is 22.6 Å². The Morgan fingerprint density at radius 3 is 2.36 bits per heavy atom. The highest BCUT2D eigenvalue weighted by Crippen LogP contribution is 2.27. The van der Waals surface area contributed by atoms with Gasteiger partial charge in [-0.25, -0.2) is 23.7 Å². The maximum Gasteiger partial charge on any atom is 0.209 e. The van der Waals surface area contributed by atoms with Crippen LogP contribution in [-0.4, -0.2) is 30.2 Å². The molecule has 0 atom stereocenters. The SMILES string of the molecule is CCCn1c(-c2cc(F)cc(F)c2)nc2c(N)nc(C#CC(C)(C)O)nc21.Cl. The van der Waals surface area contributed by atoms with Crippen molar-refractivity contribution in [2.45, 2.75) is 39.3 Å². The number of aryl methyl sites for hydroxylation is 1. The van der Waals surface area contributed by atoms with E-state index in [1.54, 1.807) is 18.4 Å². The molecule has 1 aromatic carbocycles. The molecule has 3 aromatic rings. The molecular formula is C19H20ClF2N5O. The molecule has 0 spiro atoms. The fraction of sp³-hybridized carbons (Fsp3) is 0.316. The molecule has 0 unspecified atom stereocenters. The first-order valence-electron chi connectivity index (χ1n) is 8.43. The van der Waals surface area contributed by atoms with Crippen molar-refractivity contribution < 1.29 is 13.9 Å². The van der Waals surface area contributed by atoms with Gasteiger partial charge in [-0.2, -0.15) is 0 Å². The number of halogens is 3. The molecule has 0 aliphatic carbocycles. The minimum absolute atomic E-state index is 0. The number of rotatable bonds is 3. The van der Waals surface area contributed by atoms with Crippen molar-refractivity contribution in [1.82, 2.24) is 19.5 Å². The van der Waals surface area contributed by atoms with E-state index in [4.69, 9.17) is 5.73 Å². The van der Waals surface area contributed by atoms with Gasteiger partial charge in [0.15, 0.2) is 17.0 Å². The second kappa shape index (κ2) is 8.09. The van der Waals surface area contributed by atoms with Crippen LogP contribution >= 0.6 is 12.4 Å². The Bertz CT molecular complexity index is 1060. The molecule has 9 heteroatoms. The minimum atomic E-state index is -1.21. The summed E-state index contributed by atoms with van der Waals surface area (Å²) in [6.45, 7) is 5.56. The van der Waals surface area contributed by atoms with E-state index in [9.17, 15) is 13.9 Å². The molecule has 6 nitrogen and oxygen atoms in total. The number of hydrogen-bond acceptors (Lipinski definition) is 5. The highest BCUT2D eigenvalue weighted by Gasteiger charge is 2.18. The second-order valence-corrected chi connectivity index (χ2v) is 6.66. The van der Waals surface area contributed by atoms with Gasteiger partial charge in [-0.3, -0.25) is 0 Å². The first-order chi connectivity index (χ1) is 12.7. The summed E-state index contributed by atoms with van der Waals surface area (Å²) in [4.78, 5) is 12.9. The molecule has 3 rings (SSSR count). The third kappa shape index (κ3) is 4.55. The van der Waals surface area contributed by atoms with Gasteiger partial charge in [0.05, 0.1) is 0 Å². The smallest absolute Gasteiger partial charge is 0.209 e. The zero-order chi connectivity index (χ0) is 19.8. The Morgan fingerprint density at radius 2 is 1.79 bits per heavy atom. The number of nitrogens with zero attached hydrogens (tertiary/aromatic N) is 4. The number of benzene rings is 1. The van der Waals surface area contributed by atoms with Gasteiger partial charge in [-0.15, -0.1) is 12.4 Å². The van der Waals surface area contributed by atoms with Crippen molar-refractivity contribution in [2.24, 2.45) is 0 Å². The molecule has 2 aromatic heterocycles. The van der Waals surface area contributed by atoms with Gasteiger partial charge < -0.3 is 15.4 Å². The maximum absolute atomic E-state index is 13.7. The van der Waals surface area contributed by atoms with Crippen LogP contribution in [0.2, 0.25) is 0 Å². The Morgan fingerprint density at radius 1 is 1.14 bits per heavy atom. The molecule has 0 saturated heterocycles. The Kier molecular flexibility index (Phi) is 6.22. The molecule has 0 amide bonds. The van der Waals surface area contributed by atoms with E-state index in [2.05, 4.69) is 26.8 Å². The molecule has 0 bridgehead atoms. The highest BCUT2D eigenvalue weighted by atomic mass is 35.5. The lowest BCUT2D eigenvalue weighted by Crippen LogP contribution is -2.14. The predicted molar refractivity (Wildman–Crippen MR) is 106 cm³/mol. The summed E-state index contributed by atoms with van der Waals surface area (Å²) in [5.74, 6) is 4.51. The van der Waals surface area contributed by atoms with E-state index in [1.807, 2.05) is 6.92 Å². The van der Waals surface area contributed by atoms with Crippen molar-refractivity contribution >= 4 is 29.4 Å².